The summed E-state index contributed by atoms with van der Waals surface area (Å²) in [5.74, 6) is 0.933. The van der Waals surface area contributed by atoms with Gasteiger partial charge < -0.3 is 31.9 Å². The Hall–Kier alpha value is -5.72. The van der Waals surface area contributed by atoms with Crippen molar-refractivity contribution >= 4 is 23.8 Å². The Morgan fingerprint density at radius 3 is 0.891 bits per heavy atom. The van der Waals surface area contributed by atoms with Gasteiger partial charge in [-0.25, -0.2) is 0 Å². The highest BCUT2D eigenvalue weighted by atomic mass is 15.2. The van der Waals surface area contributed by atoms with E-state index >= 15 is 0 Å². The van der Waals surface area contributed by atoms with Crippen LogP contribution in [-0.4, -0.2) is 76.2 Å². The van der Waals surface area contributed by atoms with Crippen LogP contribution in [0.3, 0.4) is 0 Å². The van der Waals surface area contributed by atoms with Crippen molar-refractivity contribution in [2.75, 3.05) is 52.4 Å². The normalized spacial score (nSPS) is 10.8. The van der Waals surface area contributed by atoms with Crippen LogP contribution in [0, 0.1) is 21.6 Å². The molecule has 4 aromatic rings. The number of hydrogen-bond donors (Lipinski definition) is 12. The quantitative estimate of drug-likeness (QED) is 0.0299. The van der Waals surface area contributed by atoms with Crippen molar-refractivity contribution in [3.63, 3.8) is 0 Å². The van der Waals surface area contributed by atoms with Crippen molar-refractivity contribution in [2.24, 2.45) is 0 Å². The summed E-state index contributed by atoms with van der Waals surface area (Å²) in [4.78, 5) is 0. The second-order valence-corrected chi connectivity index (χ2v) is 13.3. The minimum atomic E-state index is 0.116. The smallest absolute Gasteiger partial charge is 0.195 e. The third kappa shape index (κ3) is 16.9. The molecule has 0 heterocycles. The molecule has 0 bridgehead atoms. The lowest BCUT2D eigenvalue weighted by Gasteiger charge is -2.19. The lowest BCUT2D eigenvalue weighted by Crippen LogP contribution is -2.46. The summed E-state index contributed by atoms with van der Waals surface area (Å²) >= 11 is 0. The summed E-state index contributed by atoms with van der Waals surface area (Å²) in [5.41, 5.74) is 5.00. The second-order valence-electron chi connectivity index (χ2n) is 13.3. The van der Waals surface area contributed by atoms with E-state index in [0.717, 1.165) is 58.3 Å². The van der Waals surface area contributed by atoms with Gasteiger partial charge in [-0.15, -0.1) is 0 Å². The number of rotatable bonds is 22. The molecule has 0 atom stereocenters. The summed E-state index contributed by atoms with van der Waals surface area (Å²) < 4.78 is 0. The highest BCUT2D eigenvalue weighted by Crippen LogP contribution is 2.28. The molecule has 0 spiro atoms. The van der Waals surface area contributed by atoms with E-state index in [1.807, 2.05) is 24.3 Å². The maximum Gasteiger partial charge on any atom is 0.195 e. The van der Waals surface area contributed by atoms with Crippen LogP contribution in [0.15, 0.2) is 121 Å². The Labute approximate surface area is 327 Å². The van der Waals surface area contributed by atoms with Gasteiger partial charge in [0.15, 0.2) is 23.8 Å². The maximum absolute atomic E-state index is 8.21. The van der Waals surface area contributed by atoms with Gasteiger partial charge in [0.2, 0.25) is 0 Å². The molecular formula is C43H60N12. The van der Waals surface area contributed by atoms with Crippen molar-refractivity contribution < 1.29 is 0 Å². The second kappa shape index (κ2) is 25.3. The van der Waals surface area contributed by atoms with Gasteiger partial charge in [0.1, 0.15) is 0 Å². The lowest BCUT2D eigenvalue weighted by molar-refractivity contribution is 0.571. The van der Waals surface area contributed by atoms with Crippen molar-refractivity contribution in [1.82, 2.24) is 42.5 Å². The van der Waals surface area contributed by atoms with Crippen LogP contribution in [0.2, 0.25) is 0 Å². The average molecular weight is 745 g/mol. The Balaban J connectivity index is 0.932. The topological polar surface area (TPSA) is 192 Å². The number of guanidine groups is 4. The first kappa shape index (κ1) is 42.0. The summed E-state index contributed by atoms with van der Waals surface area (Å²) in [6.07, 6.45) is 4.41. The Kier molecular flexibility index (Phi) is 19.4. The van der Waals surface area contributed by atoms with Gasteiger partial charge in [0.05, 0.1) is 0 Å². The number of benzene rings is 4. The van der Waals surface area contributed by atoms with E-state index < -0.39 is 0 Å². The average Bonchev–Trinajstić information content (AvgIpc) is 3.21. The van der Waals surface area contributed by atoms with E-state index in [4.69, 9.17) is 21.6 Å². The van der Waals surface area contributed by atoms with E-state index in [9.17, 15) is 0 Å². The van der Waals surface area contributed by atoms with Gasteiger partial charge >= 0.3 is 0 Å². The molecule has 0 aliphatic heterocycles. The van der Waals surface area contributed by atoms with E-state index in [1.54, 1.807) is 0 Å². The van der Waals surface area contributed by atoms with Crippen LogP contribution in [0.5, 0.6) is 0 Å². The van der Waals surface area contributed by atoms with Crippen molar-refractivity contribution in [3.8, 4) is 0 Å². The minimum Gasteiger partial charge on any atom is -0.356 e. The lowest BCUT2D eigenvalue weighted by atomic mass is 9.88. The fourth-order valence-electron chi connectivity index (χ4n) is 6.34. The van der Waals surface area contributed by atoms with Crippen molar-refractivity contribution in [1.29, 1.82) is 21.6 Å². The zero-order chi connectivity index (χ0) is 38.8. The molecule has 0 aromatic heterocycles. The largest absolute Gasteiger partial charge is 0.356 e. The SMILES string of the molecule is N=C(NCCCNCCCNCCCNC(=N)NC(=N)NCCC(c1ccccc1)c1ccccc1)NC(=N)NCCC(c1ccccc1)c1ccccc1. The molecule has 0 aliphatic rings. The highest BCUT2D eigenvalue weighted by Gasteiger charge is 2.15. The predicted octanol–water partition coefficient (Wildman–Crippen LogP) is 5.06. The predicted molar refractivity (Wildman–Crippen MR) is 227 cm³/mol. The molecule has 0 fully saturated rings. The van der Waals surface area contributed by atoms with E-state index in [2.05, 4.69) is 140 Å². The van der Waals surface area contributed by atoms with E-state index in [1.165, 1.54) is 22.3 Å². The van der Waals surface area contributed by atoms with Gasteiger partial charge in [0, 0.05) is 38.0 Å². The van der Waals surface area contributed by atoms with Gasteiger partial charge in [-0.05, 0) is 80.5 Å². The van der Waals surface area contributed by atoms with Crippen molar-refractivity contribution in [3.05, 3.63) is 144 Å². The first-order valence-corrected chi connectivity index (χ1v) is 19.4. The van der Waals surface area contributed by atoms with Crippen LogP contribution >= 0.6 is 0 Å². The van der Waals surface area contributed by atoms with E-state index in [-0.39, 0.29) is 35.7 Å². The molecule has 0 unspecified atom stereocenters. The Morgan fingerprint density at radius 1 is 0.345 bits per heavy atom. The van der Waals surface area contributed by atoms with Crippen LogP contribution < -0.4 is 42.5 Å². The monoisotopic (exact) mass is 745 g/mol. The third-order valence-corrected chi connectivity index (χ3v) is 9.15. The van der Waals surface area contributed by atoms with Crippen LogP contribution in [0.1, 0.15) is 66.2 Å². The zero-order valence-electron chi connectivity index (χ0n) is 31.9. The highest BCUT2D eigenvalue weighted by molar-refractivity contribution is 5.96. The van der Waals surface area contributed by atoms with Gasteiger partial charge in [-0.2, -0.15) is 0 Å². The first-order valence-electron chi connectivity index (χ1n) is 19.4. The Morgan fingerprint density at radius 2 is 0.600 bits per heavy atom. The summed E-state index contributed by atoms with van der Waals surface area (Å²) in [7, 11) is 0. The Bertz CT molecular complexity index is 1470. The zero-order valence-corrected chi connectivity index (χ0v) is 31.9. The molecule has 55 heavy (non-hydrogen) atoms. The first-order chi connectivity index (χ1) is 27.0. The number of hydrogen-bond acceptors (Lipinski definition) is 6. The summed E-state index contributed by atoms with van der Waals surface area (Å²) in [5, 5.41) is 57.4. The fraction of sp³-hybridized carbons (Fsp3) is 0.349. The molecule has 0 amide bonds. The molecule has 4 aromatic carbocycles. The summed E-state index contributed by atoms with van der Waals surface area (Å²) in [6, 6.07) is 41.7. The molecule has 0 saturated carbocycles. The molecule has 12 heteroatoms. The standard InChI is InChI=1S/C43H60N12/c44-40(54-42(46)52-32-24-38(34-16-5-1-6-17-34)35-18-7-2-8-19-35)50-30-14-28-48-26-13-27-49-29-15-31-51-41(45)55-43(47)53-33-25-39(36-20-9-3-10-21-36)37-22-11-4-12-23-37/h1-12,16-23,38-39,48-49H,13-15,24-33H2,(H5,44,46,50,52,54)(H5,45,47,51,53,55). The summed E-state index contributed by atoms with van der Waals surface area (Å²) in [6.45, 7) is 6.02. The van der Waals surface area contributed by atoms with Crippen LogP contribution in [0.25, 0.3) is 0 Å². The molecule has 0 radical (unpaired) electrons. The van der Waals surface area contributed by atoms with Crippen molar-refractivity contribution in [2.45, 2.75) is 43.9 Å². The third-order valence-electron chi connectivity index (χ3n) is 9.15. The molecule has 0 saturated heterocycles. The maximum atomic E-state index is 8.21. The number of nitrogens with one attached hydrogen (secondary N) is 12. The van der Waals surface area contributed by atoms with Crippen LogP contribution in [-0.2, 0) is 0 Å². The molecule has 0 aliphatic carbocycles. The van der Waals surface area contributed by atoms with E-state index in [0.29, 0.717) is 26.2 Å². The van der Waals surface area contributed by atoms with Gasteiger partial charge in [-0.3, -0.25) is 32.3 Å². The molecular weight excluding hydrogens is 685 g/mol. The molecule has 292 valence electrons. The molecule has 12 nitrogen and oxygen atoms in total. The molecule has 12 N–H and O–H groups in total. The fourth-order valence-corrected chi connectivity index (χ4v) is 6.34. The van der Waals surface area contributed by atoms with Gasteiger partial charge in [-0.1, -0.05) is 121 Å². The van der Waals surface area contributed by atoms with Crippen LogP contribution in [0.4, 0.5) is 0 Å². The minimum absolute atomic E-state index is 0.116. The van der Waals surface area contributed by atoms with Gasteiger partial charge in [0.25, 0.3) is 0 Å². The molecule has 4 rings (SSSR count).